The largest absolute Gasteiger partial charge is 0.480 e. The van der Waals surface area contributed by atoms with Crippen molar-refractivity contribution in [3.05, 3.63) is 22.7 Å². The molecule has 0 aliphatic carbocycles. The van der Waals surface area contributed by atoms with E-state index >= 15 is 0 Å². The van der Waals surface area contributed by atoms with Crippen LogP contribution in [0.4, 0.5) is 0 Å². The van der Waals surface area contributed by atoms with E-state index in [0.29, 0.717) is 16.0 Å². The van der Waals surface area contributed by atoms with Crippen molar-refractivity contribution in [2.45, 2.75) is 0 Å². The molecule has 2 aromatic heterocycles. The van der Waals surface area contributed by atoms with Crippen LogP contribution in [-0.2, 0) is 4.74 Å². The van der Waals surface area contributed by atoms with Crippen molar-refractivity contribution in [1.29, 1.82) is 0 Å². The van der Waals surface area contributed by atoms with Crippen LogP contribution in [0.5, 0.6) is 5.88 Å². The first-order chi connectivity index (χ1) is 7.67. The predicted octanol–water partition coefficient (Wildman–Crippen LogP) is 1.29. The van der Waals surface area contributed by atoms with E-state index in [0.717, 1.165) is 0 Å². The number of fused-ring (bicyclic) bond motifs is 1. The third kappa shape index (κ3) is 1.63. The highest BCUT2D eigenvalue weighted by Crippen LogP contribution is 2.23. The van der Waals surface area contributed by atoms with Crippen molar-refractivity contribution in [3.8, 4) is 5.88 Å². The summed E-state index contributed by atoms with van der Waals surface area (Å²) in [6.45, 7) is 0. The van der Waals surface area contributed by atoms with Gasteiger partial charge in [0.2, 0.25) is 5.88 Å². The van der Waals surface area contributed by atoms with Gasteiger partial charge in [-0.15, -0.1) is 0 Å². The summed E-state index contributed by atoms with van der Waals surface area (Å²) in [5, 5.41) is 0. The van der Waals surface area contributed by atoms with Crippen LogP contribution in [-0.4, -0.2) is 34.6 Å². The van der Waals surface area contributed by atoms with Crippen LogP contribution in [0.3, 0.4) is 0 Å². The fourth-order valence-corrected chi connectivity index (χ4v) is 1.74. The van der Waals surface area contributed by atoms with E-state index in [1.165, 1.54) is 20.5 Å². The lowest BCUT2D eigenvalue weighted by molar-refractivity contribution is 0.0596. The summed E-state index contributed by atoms with van der Waals surface area (Å²) >= 11 is 3.29. The predicted molar refractivity (Wildman–Crippen MR) is 58.6 cm³/mol. The Bertz CT molecular complexity index is 552. The van der Waals surface area contributed by atoms with E-state index < -0.39 is 5.97 Å². The molecule has 0 bridgehead atoms. The zero-order valence-electron chi connectivity index (χ0n) is 8.60. The maximum Gasteiger partial charge on any atom is 0.360 e. The number of hydrogen-bond donors (Lipinski definition) is 0. The SMILES string of the molecule is COC(=O)c1ncn2cc(Br)c(OC)nc12. The van der Waals surface area contributed by atoms with E-state index in [-0.39, 0.29) is 5.69 Å². The second-order valence-corrected chi connectivity index (χ2v) is 3.77. The van der Waals surface area contributed by atoms with Crippen molar-refractivity contribution in [1.82, 2.24) is 14.4 Å². The molecule has 6 nitrogen and oxygen atoms in total. The standard InChI is InChI=1S/C9H8BrN3O3/c1-15-8-5(10)3-13-4-11-6(7(13)12-8)9(14)16-2/h3-4H,1-2H3. The minimum Gasteiger partial charge on any atom is -0.480 e. The molecule has 0 aliphatic rings. The Labute approximate surface area is 99.3 Å². The van der Waals surface area contributed by atoms with Gasteiger partial charge < -0.3 is 9.47 Å². The molecule has 0 amide bonds. The van der Waals surface area contributed by atoms with E-state index in [9.17, 15) is 4.79 Å². The zero-order chi connectivity index (χ0) is 11.7. The van der Waals surface area contributed by atoms with Gasteiger partial charge in [-0.25, -0.2) is 9.78 Å². The van der Waals surface area contributed by atoms with Crippen molar-refractivity contribution in [2.75, 3.05) is 14.2 Å². The van der Waals surface area contributed by atoms with Crippen LogP contribution < -0.4 is 4.74 Å². The molecule has 0 atom stereocenters. The highest BCUT2D eigenvalue weighted by molar-refractivity contribution is 9.10. The van der Waals surface area contributed by atoms with Gasteiger partial charge in [0.1, 0.15) is 6.33 Å². The Morgan fingerprint density at radius 2 is 2.25 bits per heavy atom. The number of halogens is 1. The first-order valence-electron chi connectivity index (χ1n) is 4.33. The van der Waals surface area contributed by atoms with Gasteiger partial charge in [-0.2, -0.15) is 4.98 Å². The molecule has 0 aromatic carbocycles. The lowest BCUT2D eigenvalue weighted by Crippen LogP contribution is -2.04. The van der Waals surface area contributed by atoms with Crippen LogP contribution in [0.15, 0.2) is 17.0 Å². The molecule has 0 aliphatic heterocycles. The van der Waals surface area contributed by atoms with Gasteiger partial charge in [-0.3, -0.25) is 4.40 Å². The van der Waals surface area contributed by atoms with Crippen LogP contribution >= 0.6 is 15.9 Å². The maximum atomic E-state index is 11.4. The Hall–Kier alpha value is -1.63. The monoisotopic (exact) mass is 285 g/mol. The summed E-state index contributed by atoms with van der Waals surface area (Å²) in [7, 11) is 2.79. The van der Waals surface area contributed by atoms with Crippen LogP contribution in [0.1, 0.15) is 10.5 Å². The van der Waals surface area contributed by atoms with Gasteiger partial charge in [0.05, 0.1) is 18.7 Å². The van der Waals surface area contributed by atoms with Crippen LogP contribution in [0.25, 0.3) is 5.65 Å². The van der Waals surface area contributed by atoms with Gasteiger partial charge in [-0.05, 0) is 15.9 Å². The van der Waals surface area contributed by atoms with Gasteiger partial charge in [0, 0.05) is 6.20 Å². The molecular weight excluding hydrogens is 278 g/mol. The molecule has 84 valence electrons. The Kier molecular flexibility index (Phi) is 2.78. The molecule has 16 heavy (non-hydrogen) atoms. The number of carbonyl (C=O) groups is 1. The van der Waals surface area contributed by atoms with E-state index in [1.54, 1.807) is 10.6 Å². The molecular formula is C9H8BrN3O3. The molecule has 2 heterocycles. The fourth-order valence-electron chi connectivity index (χ4n) is 1.27. The quantitative estimate of drug-likeness (QED) is 0.778. The van der Waals surface area contributed by atoms with E-state index in [4.69, 9.17) is 4.74 Å². The zero-order valence-corrected chi connectivity index (χ0v) is 10.2. The number of ether oxygens (including phenoxy) is 2. The highest BCUT2D eigenvalue weighted by Gasteiger charge is 2.17. The molecule has 0 spiro atoms. The number of aromatic nitrogens is 3. The van der Waals surface area contributed by atoms with Crippen LogP contribution in [0, 0.1) is 0 Å². The van der Waals surface area contributed by atoms with Gasteiger partial charge in [-0.1, -0.05) is 0 Å². The number of imidazole rings is 1. The Balaban J connectivity index is 2.66. The molecule has 0 N–H and O–H groups in total. The molecule has 0 radical (unpaired) electrons. The number of rotatable bonds is 2. The molecule has 0 unspecified atom stereocenters. The summed E-state index contributed by atoms with van der Waals surface area (Å²) in [4.78, 5) is 19.5. The first-order valence-corrected chi connectivity index (χ1v) is 5.12. The normalized spacial score (nSPS) is 10.4. The van der Waals surface area contributed by atoms with Gasteiger partial charge in [0.25, 0.3) is 0 Å². The van der Waals surface area contributed by atoms with Gasteiger partial charge in [0.15, 0.2) is 11.3 Å². The number of nitrogens with zero attached hydrogens (tertiary/aromatic N) is 3. The number of carbonyl (C=O) groups excluding carboxylic acids is 1. The lowest BCUT2D eigenvalue weighted by atomic mass is 10.4. The average Bonchev–Trinajstić information content (AvgIpc) is 2.69. The minimum atomic E-state index is -0.528. The Morgan fingerprint density at radius 3 is 2.88 bits per heavy atom. The fraction of sp³-hybridized carbons (Fsp3) is 0.222. The highest BCUT2D eigenvalue weighted by atomic mass is 79.9. The molecule has 0 saturated heterocycles. The lowest BCUT2D eigenvalue weighted by Gasteiger charge is -2.03. The number of methoxy groups -OCH3 is 2. The van der Waals surface area contributed by atoms with Crippen LogP contribution in [0.2, 0.25) is 0 Å². The third-order valence-electron chi connectivity index (χ3n) is 2.00. The topological polar surface area (TPSA) is 65.7 Å². The smallest absolute Gasteiger partial charge is 0.360 e. The molecule has 2 aromatic rings. The maximum absolute atomic E-state index is 11.4. The molecule has 2 rings (SSSR count). The average molecular weight is 286 g/mol. The Morgan fingerprint density at radius 1 is 1.50 bits per heavy atom. The first kappa shape index (κ1) is 10.9. The molecule has 0 saturated carbocycles. The van der Waals surface area contributed by atoms with Crippen molar-refractivity contribution in [3.63, 3.8) is 0 Å². The van der Waals surface area contributed by atoms with E-state index in [1.807, 2.05) is 0 Å². The summed E-state index contributed by atoms with van der Waals surface area (Å²) in [6, 6.07) is 0. The van der Waals surface area contributed by atoms with E-state index in [2.05, 4.69) is 30.6 Å². The number of hydrogen-bond acceptors (Lipinski definition) is 5. The second-order valence-electron chi connectivity index (χ2n) is 2.91. The summed E-state index contributed by atoms with van der Waals surface area (Å²) in [5.41, 5.74) is 0.556. The van der Waals surface area contributed by atoms with Crippen molar-refractivity contribution in [2.24, 2.45) is 0 Å². The molecule has 7 heteroatoms. The number of esters is 1. The van der Waals surface area contributed by atoms with Gasteiger partial charge >= 0.3 is 5.97 Å². The summed E-state index contributed by atoms with van der Waals surface area (Å²) < 4.78 is 11.9. The second kappa shape index (κ2) is 4.09. The third-order valence-corrected chi connectivity index (χ3v) is 2.55. The van der Waals surface area contributed by atoms with Crippen molar-refractivity contribution >= 4 is 27.5 Å². The summed E-state index contributed by atoms with van der Waals surface area (Å²) in [5.74, 6) is -0.141. The molecule has 0 fully saturated rings. The minimum absolute atomic E-state index is 0.160. The van der Waals surface area contributed by atoms with Crippen molar-refractivity contribution < 1.29 is 14.3 Å². The summed E-state index contributed by atoms with van der Waals surface area (Å²) in [6.07, 6.45) is 3.19.